The summed E-state index contributed by atoms with van der Waals surface area (Å²) in [4.78, 5) is 13.1. The summed E-state index contributed by atoms with van der Waals surface area (Å²) in [6, 6.07) is 27.0. The Morgan fingerprint density at radius 2 is 1.56 bits per heavy atom. The molecule has 0 unspecified atom stereocenters. The minimum atomic E-state index is -0.971. The van der Waals surface area contributed by atoms with Gasteiger partial charge in [-0.3, -0.25) is 5.84 Å². The van der Waals surface area contributed by atoms with E-state index in [1.165, 1.54) is 0 Å². The van der Waals surface area contributed by atoms with Gasteiger partial charge in [-0.2, -0.15) is 0 Å². The average Bonchev–Trinajstić information content (AvgIpc) is 2.86. The lowest BCUT2D eigenvalue weighted by atomic mass is 9.87. The van der Waals surface area contributed by atoms with E-state index >= 15 is 0 Å². The first kappa shape index (κ1) is 20.4. The van der Waals surface area contributed by atoms with Crippen LogP contribution in [0.1, 0.15) is 21.5 Å². The molecule has 6 heteroatoms. The fourth-order valence-electron chi connectivity index (χ4n) is 4.73. The van der Waals surface area contributed by atoms with Crippen LogP contribution in [0.2, 0.25) is 0 Å². The largest absolute Gasteiger partial charge is 0.478 e. The van der Waals surface area contributed by atoms with E-state index < -0.39 is 5.97 Å². The second-order valence-electron chi connectivity index (χ2n) is 8.23. The Kier molecular flexibility index (Phi) is 4.58. The molecule has 2 radical (unpaired) electrons. The van der Waals surface area contributed by atoms with Gasteiger partial charge in [0.15, 0.2) is 0 Å². The number of aromatic carboxylic acids is 1. The molecule has 5 nitrogen and oxygen atoms in total. The Balaban J connectivity index is 1.79. The van der Waals surface area contributed by atoms with Crippen molar-refractivity contribution >= 4 is 48.6 Å². The van der Waals surface area contributed by atoms with E-state index in [1.54, 1.807) is 12.1 Å². The third kappa shape index (κ3) is 3.04. The summed E-state index contributed by atoms with van der Waals surface area (Å²) >= 11 is 0. The summed E-state index contributed by atoms with van der Waals surface area (Å²) in [6.07, 6.45) is 0. The summed E-state index contributed by atoms with van der Waals surface area (Å²) in [7, 11) is 3.60. The number of anilines is 1. The summed E-state index contributed by atoms with van der Waals surface area (Å²) in [5, 5.41) is 14.7. The molecule has 1 aliphatic rings. The zero-order valence-corrected chi connectivity index (χ0v) is 18.9. The van der Waals surface area contributed by atoms with E-state index in [0.29, 0.717) is 17.1 Å². The van der Waals surface area contributed by atoms with Crippen LogP contribution in [0.15, 0.2) is 84.9 Å². The highest BCUT2D eigenvalue weighted by Crippen LogP contribution is 2.43. The van der Waals surface area contributed by atoms with Crippen molar-refractivity contribution in [2.75, 3.05) is 5.43 Å². The molecule has 1 heterocycles. The van der Waals surface area contributed by atoms with Crippen molar-refractivity contribution in [2.45, 2.75) is 0 Å². The third-order valence-electron chi connectivity index (χ3n) is 6.28. The Labute approximate surface area is 197 Å². The van der Waals surface area contributed by atoms with E-state index in [0.717, 1.165) is 48.4 Å². The first-order valence-corrected chi connectivity index (χ1v) is 11.2. The quantitative estimate of drug-likeness (QED) is 0.203. The summed E-state index contributed by atoms with van der Waals surface area (Å²) in [5.41, 5.74) is 6.05. The highest BCUT2D eigenvalue weighted by atomic mass is 28.1. The number of ether oxygens (including phenoxy) is 1. The van der Waals surface area contributed by atoms with Gasteiger partial charge in [0, 0.05) is 42.7 Å². The molecule has 5 aromatic rings. The van der Waals surface area contributed by atoms with Crippen LogP contribution in [0.5, 0.6) is 11.5 Å². The van der Waals surface area contributed by atoms with Crippen molar-refractivity contribution in [3.8, 4) is 11.5 Å². The van der Waals surface area contributed by atoms with E-state index in [2.05, 4.69) is 15.3 Å². The summed E-state index contributed by atoms with van der Waals surface area (Å²) in [5.74, 6) is 6.05. The van der Waals surface area contributed by atoms with Gasteiger partial charge in [0.2, 0.25) is 0 Å². The van der Waals surface area contributed by atoms with Crippen molar-refractivity contribution in [3.63, 3.8) is 0 Å². The van der Waals surface area contributed by atoms with E-state index in [1.807, 2.05) is 72.8 Å². The molecule has 0 aromatic heterocycles. The van der Waals surface area contributed by atoms with Crippen molar-refractivity contribution in [1.29, 1.82) is 0 Å². The van der Waals surface area contributed by atoms with Gasteiger partial charge in [0.05, 0.1) is 5.56 Å². The van der Waals surface area contributed by atoms with Crippen LogP contribution >= 0.6 is 0 Å². The molecule has 1 aliphatic heterocycles. The molecule has 0 spiro atoms. The Morgan fingerprint density at radius 1 is 0.824 bits per heavy atom. The number of carbonyl (C=O) groups is 1. The maximum absolute atomic E-state index is 12.2. The normalized spacial score (nSPS) is 12.2. The highest BCUT2D eigenvalue weighted by Gasteiger charge is 2.26. The lowest BCUT2D eigenvalue weighted by Gasteiger charge is -2.24. The van der Waals surface area contributed by atoms with E-state index in [4.69, 9.17) is 10.6 Å². The van der Waals surface area contributed by atoms with Crippen LogP contribution in [0.3, 0.4) is 0 Å². The molecule has 0 bridgehead atoms. The Hall–Kier alpha value is -4.26. The van der Waals surface area contributed by atoms with Gasteiger partial charge in [-0.15, -0.1) is 0 Å². The second kappa shape index (κ2) is 7.66. The molecule has 34 heavy (non-hydrogen) atoms. The SMILES string of the molecule is NNc1ccc2c3c(ccc2c1)C(c1ccccc1C(=O)O)=c1ccc2cc(=[Si])ccc2c1O3. The molecule has 162 valence electrons. The number of hydrazine groups is 1. The Bertz CT molecular complexity index is 1780. The fourth-order valence-corrected chi connectivity index (χ4v) is 4.97. The molecule has 5 aromatic carbocycles. The van der Waals surface area contributed by atoms with Gasteiger partial charge in [0.25, 0.3) is 0 Å². The number of fused-ring (bicyclic) bond motifs is 6. The molecular formula is C28H18N2O3Si. The molecule has 0 saturated heterocycles. The predicted octanol–water partition coefficient (Wildman–Crippen LogP) is 4.75. The molecule has 6 rings (SSSR count). The summed E-state index contributed by atoms with van der Waals surface area (Å²) < 4.78 is 6.63. The molecule has 4 N–H and O–H groups in total. The van der Waals surface area contributed by atoms with Gasteiger partial charge < -0.3 is 15.3 Å². The van der Waals surface area contributed by atoms with Crippen LogP contribution in [0, 0.1) is 4.81 Å². The molecule has 0 saturated carbocycles. The van der Waals surface area contributed by atoms with E-state index in [9.17, 15) is 9.90 Å². The summed E-state index contributed by atoms with van der Waals surface area (Å²) in [6.45, 7) is 0. The molecule has 0 amide bonds. The van der Waals surface area contributed by atoms with Crippen LogP contribution in [0.4, 0.5) is 5.69 Å². The number of nitrogens with one attached hydrogen (secondary N) is 1. The molecule has 0 fully saturated rings. The van der Waals surface area contributed by atoms with Gasteiger partial charge in [-0.25, -0.2) is 4.79 Å². The van der Waals surface area contributed by atoms with Gasteiger partial charge in [-0.05, 0) is 57.5 Å². The number of rotatable bonds is 3. The maximum atomic E-state index is 12.2. The average molecular weight is 459 g/mol. The van der Waals surface area contributed by atoms with Crippen LogP contribution in [-0.2, 0) is 0 Å². The minimum absolute atomic E-state index is 0.245. The molecule has 0 atom stereocenters. The number of hydrogen-bond acceptors (Lipinski definition) is 4. The van der Waals surface area contributed by atoms with Crippen LogP contribution < -0.4 is 21.2 Å². The first-order chi connectivity index (χ1) is 16.5. The smallest absolute Gasteiger partial charge is 0.336 e. The standard InChI is InChI=1S/C28H18N2O3Si/c29-30-17-7-11-19-15(13-17)5-9-23-25(21-3-1-2-4-22(21)28(31)32)24-10-6-16-14-18(34)8-12-20(16)27(24)33-26(19)23/h1-14,30H,29H2,(H,31,32). The maximum Gasteiger partial charge on any atom is 0.336 e. The van der Waals surface area contributed by atoms with Crippen LogP contribution in [-0.4, -0.2) is 20.9 Å². The number of carboxylic acids is 1. The van der Waals surface area contributed by atoms with Crippen molar-refractivity contribution in [1.82, 2.24) is 0 Å². The minimum Gasteiger partial charge on any atom is -0.478 e. The number of nitrogens with two attached hydrogens (primary N) is 1. The number of carboxylic acid groups (broad SMARTS) is 1. The fraction of sp³-hybridized carbons (Fsp3) is 0. The van der Waals surface area contributed by atoms with Crippen molar-refractivity contribution in [2.24, 2.45) is 5.84 Å². The monoisotopic (exact) mass is 458 g/mol. The van der Waals surface area contributed by atoms with Gasteiger partial charge in [-0.1, -0.05) is 48.5 Å². The highest BCUT2D eigenvalue weighted by molar-refractivity contribution is 6.05. The topological polar surface area (TPSA) is 84.6 Å². The lowest BCUT2D eigenvalue weighted by molar-refractivity contribution is 0.0696. The second-order valence-corrected chi connectivity index (χ2v) is 8.81. The predicted molar refractivity (Wildman–Crippen MR) is 135 cm³/mol. The zero-order chi connectivity index (χ0) is 23.4. The first-order valence-electron chi connectivity index (χ1n) is 10.7. The van der Waals surface area contributed by atoms with Crippen molar-refractivity contribution in [3.05, 3.63) is 112 Å². The van der Waals surface area contributed by atoms with Crippen LogP contribution in [0.25, 0.3) is 27.1 Å². The number of benzene rings is 5. The molecular weight excluding hydrogens is 440 g/mol. The zero-order valence-electron chi connectivity index (χ0n) is 17.9. The Morgan fingerprint density at radius 3 is 2.38 bits per heavy atom. The van der Waals surface area contributed by atoms with Gasteiger partial charge in [0.1, 0.15) is 11.5 Å². The van der Waals surface area contributed by atoms with Crippen molar-refractivity contribution < 1.29 is 14.6 Å². The lowest BCUT2D eigenvalue weighted by Crippen LogP contribution is -2.19. The van der Waals surface area contributed by atoms with Gasteiger partial charge >= 0.3 is 5.97 Å². The number of nitrogen functional groups attached to an aromatic ring is 1. The third-order valence-corrected chi connectivity index (χ3v) is 6.59. The number of hydrogen-bond donors (Lipinski definition) is 3. The van der Waals surface area contributed by atoms with E-state index in [-0.39, 0.29) is 5.56 Å². The molecule has 0 aliphatic carbocycles.